The van der Waals surface area contributed by atoms with Crippen LogP contribution in [0.1, 0.15) is 39.2 Å². The molecule has 0 aromatic heterocycles. The van der Waals surface area contributed by atoms with Crippen molar-refractivity contribution in [2.24, 2.45) is 5.92 Å². The van der Waals surface area contributed by atoms with Crippen molar-refractivity contribution in [1.82, 2.24) is 0 Å². The minimum Gasteiger partial charge on any atom is -0.375 e. The number of hydrogen-bond donors (Lipinski definition) is 1. The van der Waals surface area contributed by atoms with Gasteiger partial charge in [-0.25, -0.2) is 0 Å². The number of Topliss-reactive ketones (excluding diaryl/α,β-unsaturated/α-hetero) is 1. The van der Waals surface area contributed by atoms with Crippen LogP contribution >= 0.6 is 15.9 Å². The highest BCUT2D eigenvalue weighted by molar-refractivity contribution is 9.10. The predicted molar refractivity (Wildman–Crippen MR) is 93.8 cm³/mol. The van der Waals surface area contributed by atoms with E-state index in [1.807, 2.05) is 32.9 Å². The molecule has 1 N–H and O–H groups in total. The second-order valence-electron chi connectivity index (χ2n) is 7.15. The maximum Gasteiger partial charge on any atom is 0.264 e. The Bertz CT molecular complexity index is 702. The van der Waals surface area contributed by atoms with Crippen molar-refractivity contribution < 1.29 is 19.4 Å². The molecule has 1 aromatic rings. The molecule has 2 aliphatic rings. The smallest absolute Gasteiger partial charge is 0.264 e. The average molecular weight is 396 g/mol. The molecule has 1 fully saturated rings. The molecule has 0 spiro atoms. The summed E-state index contributed by atoms with van der Waals surface area (Å²) in [5.41, 5.74) is -1.27. The molecule has 0 radical (unpaired) electrons. The average Bonchev–Trinajstić information content (AvgIpc) is 2.69. The molecular weight excluding hydrogens is 374 g/mol. The molecule has 1 amide bonds. The summed E-state index contributed by atoms with van der Waals surface area (Å²) in [6.45, 7) is 6.20. The van der Waals surface area contributed by atoms with Crippen LogP contribution in [0.25, 0.3) is 0 Å². The van der Waals surface area contributed by atoms with Gasteiger partial charge in [-0.15, -0.1) is 0 Å². The Kier molecular flexibility index (Phi) is 4.35. The number of hydrogen-bond acceptors (Lipinski definition) is 4. The SMILES string of the molecule is CCCN1C(=O)[C@](O)([C@@H]2COC(C)(C)CC2=O)c2cc(Br)ccc21. The summed E-state index contributed by atoms with van der Waals surface area (Å²) < 4.78 is 6.51. The number of aliphatic hydroxyl groups is 1. The third kappa shape index (κ3) is 2.61. The Balaban J connectivity index is 2.08. The lowest BCUT2D eigenvalue weighted by molar-refractivity contribution is -0.172. The van der Waals surface area contributed by atoms with Crippen LogP contribution in [0.5, 0.6) is 0 Å². The molecule has 0 aliphatic carbocycles. The van der Waals surface area contributed by atoms with Gasteiger partial charge in [0, 0.05) is 23.0 Å². The van der Waals surface area contributed by atoms with Gasteiger partial charge in [-0.3, -0.25) is 9.59 Å². The van der Waals surface area contributed by atoms with Crippen LogP contribution in [0, 0.1) is 5.92 Å². The molecule has 5 nitrogen and oxygen atoms in total. The topological polar surface area (TPSA) is 66.8 Å². The number of anilines is 1. The maximum atomic E-state index is 13.0. The van der Waals surface area contributed by atoms with Crippen molar-refractivity contribution in [3.8, 4) is 0 Å². The van der Waals surface area contributed by atoms with Gasteiger partial charge in [-0.1, -0.05) is 22.9 Å². The molecule has 2 heterocycles. The standard InChI is InChI=1S/C18H22BrNO4/c1-4-7-20-14-6-5-11(19)8-12(14)18(23,16(20)22)13-10-24-17(2,3)9-15(13)21/h5-6,8,13,23H,4,7,9-10H2,1-3H3/t13-,18-/m1/s1. The summed E-state index contributed by atoms with van der Waals surface area (Å²) in [6.07, 6.45) is 0.948. The normalized spacial score (nSPS) is 29.0. The zero-order valence-corrected chi connectivity index (χ0v) is 15.7. The minimum atomic E-state index is -1.86. The first-order valence-corrected chi connectivity index (χ1v) is 9.01. The molecule has 1 aromatic carbocycles. The third-order valence-corrected chi connectivity index (χ3v) is 5.31. The van der Waals surface area contributed by atoms with Crippen molar-refractivity contribution in [2.45, 2.75) is 44.8 Å². The molecule has 1 saturated heterocycles. The Hall–Kier alpha value is -1.24. The first kappa shape index (κ1) is 17.6. The van der Waals surface area contributed by atoms with Crippen molar-refractivity contribution in [1.29, 1.82) is 0 Å². The number of carbonyl (C=O) groups is 2. The van der Waals surface area contributed by atoms with Gasteiger partial charge in [0.05, 0.1) is 23.8 Å². The molecule has 0 bridgehead atoms. The molecule has 24 heavy (non-hydrogen) atoms. The van der Waals surface area contributed by atoms with Crippen LogP contribution in [-0.2, 0) is 19.9 Å². The summed E-state index contributed by atoms with van der Waals surface area (Å²) in [7, 11) is 0. The van der Waals surface area contributed by atoms with Crippen LogP contribution in [0.15, 0.2) is 22.7 Å². The molecule has 130 valence electrons. The van der Waals surface area contributed by atoms with Crippen molar-refractivity contribution in [3.05, 3.63) is 28.2 Å². The highest BCUT2D eigenvalue weighted by Crippen LogP contribution is 2.48. The Morgan fingerprint density at radius 3 is 2.71 bits per heavy atom. The van der Waals surface area contributed by atoms with Gasteiger partial charge in [-0.05, 0) is 38.5 Å². The van der Waals surface area contributed by atoms with E-state index in [4.69, 9.17) is 4.74 Å². The van der Waals surface area contributed by atoms with E-state index < -0.39 is 23.0 Å². The second kappa shape index (κ2) is 5.93. The van der Waals surface area contributed by atoms with E-state index in [-0.39, 0.29) is 18.8 Å². The number of nitrogens with zero attached hydrogens (tertiary/aromatic N) is 1. The van der Waals surface area contributed by atoms with Gasteiger partial charge in [-0.2, -0.15) is 0 Å². The molecule has 0 saturated carbocycles. The molecule has 0 unspecified atom stereocenters. The molecule has 3 rings (SSSR count). The van der Waals surface area contributed by atoms with Gasteiger partial charge >= 0.3 is 0 Å². The van der Waals surface area contributed by atoms with E-state index in [0.29, 0.717) is 17.8 Å². The molecule has 6 heteroatoms. The van der Waals surface area contributed by atoms with Gasteiger partial charge in [0.15, 0.2) is 5.60 Å². The molecule has 2 aliphatic heterocycles. The van der Waals surface area contributed by atoms with Crippen LogP contribution in [0.3, 0.4) is 0 Å². The number of halogens is 1. The first-order chi connectivity index (χ1) is 11.2. The number of rotatable bonds is 3. The van der Waals surface area contributed by atoms with Gasteiger partial charge in [0.25, 0.3) is 5.91 Å². The fourth-order valence-corrected chi connectivity index (χ4v) is 3.97. The zero-order chi connectivity index (χ0) is 17.7. The van der Waals surface area contributed by atoms with Crippen molar-refractivity contribution in [3.63, 3.8) is 0 Å². The highest BCUT2D eigenvalue weighted by Gasteiger charge is 2.58. The Labute approximate surface area is 150 Å². The summed E-state index contributed by atoms with van der Waals surface area (Å²) >= 11 is 3.40. The molecule has 2 atom stereocenters. The van der Waals surface area contributed by atoms with Crippen molar-refractivity contribution >= 4 is 33.3 Å². The number of ether oxygens (including phenoxy) is 1. The van der Waals surface area contributed by atoms with E-state index in [9.17, 15) is 14.7 Å². The lowest BCUT2D eigenvalue weighted by Gasteiger charge is -2.39. The van der Waals surface area contributed by atoms with Crippen molar-refractivity contribution in [2.75, 3.05) is 18.1 Å². The second-order valence-corrected chi connectivity index (χ2v) is 8.07. The third-order valence-electron chi connectivity index (χ3n) is 4.81. The van der Waals surface area contributed by atoms with Crippen LogP contribution in [0.2, 0.25) is 0 Å². The van der Waals surface area contributed by atoms with Gasteiger partial charge in [0.2, 0.25) is 0 Å². The quantitative estimate of drug-likeness (QED) is 0.854. The minimum absolute atomic E-state index is 0.0417. The number of carbonyl (C=O) groups excluding carboxylic acids is 2. The van der Waals surface area contributed by atoms with E-state index >= 15 is 0 Å². The van der Waals surface area contributed by atoms with Crippen LogP contribution in [-0.4, -0.2) is 35.5 Å². The number of ketones is 1. The van der Waals surface area contributed by atoms with Crippen LogP contribution < -0.4 is 4.90 Å². The van der Waals surface area contributed by atoms with E-state index in [1.54, 1.807) is 11.0 Å². The van der Waals surface area contributed by atoms with E-state index in [2.05, 4.69) is 15.9 Å². The predicted octanol–water partition coefficient (Wildman–Crippen LogP) is 2.78. The monoisotopic (exact) mass is 395 g/mol. The summed E-state index contributed by atoms with van der Waals surface area (Å²) in [5.74, 6) is -1.45. The summed E-state index contributed by atoms with van der Waals surface area (Å²) in [5, 5.41) is 11.4. The Morgan fingerprint density at radius 2 is 2.08 bits per heavy atom. The summed E-state index contributed by atoms with van der Waals surface area (Å²) in [4.78, 5) is 27.3. The van der Waals surface area contributed by atoms with E-state index in [0.717, 1.165) is 10.9 Å². The first-order valence-electron chi connectivity index (χ1n) is 8.21. The molecular formula is C18H22BrNO4. The number of fused-ring (bicyclic) bond motifs is 1. The summed E-state index contributed by atoms with van der Waals surface area (Å²) in [6, 6.07) is 5.38. The lowest BCUT2D eigenvalue weighted by Crippen LogP contribution is -2.54. The van der Waals surface area contributed by atoms with Crippen LogP contribution in [0.4, 0.5) is 5.69 Å². The fourth-order valence-electron chi connectivity index (χ4n) is 3.61. The highest BCUT2D eigenvalue weighted by atomic mass is 79.9. The fraction of sp³-hybridized carbons (Fsp3) is 0.556. The largest absolute Gasteiger partial charge is 0.375 e. The van der Waals surface area contributed by atoms with Gasteiger partial charge in [0.1, 0.15) is 5.78 Å². The number of amides is 1. The zero-order valence-electron chi connectivity index (χ0n) is 14.1. The lowest BCUT2D eigenvalue weighted by atomic mass is 9.76. The number of benzene rings is 1. The Morgan fingerprint density at radius 1 is 1.38 bits per heavy atom. The van der Waals surface area contributed by atoms with E-state index in [1.165, 1.54) is 0 Å². The van der Waals surface area contributed by atoms with Gasteiger partial charge < -0.3 is 14.7 Å². The maximum absolute atomic E-state index is 13.0.